The summed E-state index contributed by atoms with van der Waals surface area (Å²) in [5, 5.41) is 3.81. The second kappa shape index (κ2) is 7.53. The molecular formula is C14H25ClN4. The second-order valence-electron chi connectivity index (χ2n) is 5.43. The molecule has 0 radical (unpaired) electrons. The maximum absolute atomic E-state index is 6.26. The third-order valence-electron chi connectivity index (χ3n) is 2.72. The van der Waals surface area contributed by atoms with E-state index in [0.29, 0.717) is 22.9 Å². The molecule has 1 rings (SSSR count). The Labute approximate surface area is 121 Å². The lowest BCUT2D eigenvalue weighted by Crippen LogP contribution is -2.35. The van der Waals surface area contributed by atoms with Crippen LogP contribution in [0.25, 0.3) is 0 Å². The van der Waals surface area contributed by atoms with E-state index >= 15 is 0 Å². The lowest BCUT2D eigenvalue weighted by Gasteiger charge is -2.30. The molecule has 0 aromatic carbocycles. The van der Waals surface area contributed by atoms with E-state index in [1.54, 1.807) is 6.20 Å². The van der Waals surface area contributed by atoms with Crippen LogP contribution in [0.15, 0.2) is 6.20 Å². The molecule has 0 unspecified atom stereocenters. The zero-order valence-electron chi connectivity index (χ0n) is 12.6. The molecular weight excluding hydrogens is 260 g/mol. The van der Waals surface area contributed by atoms with Gasteiger partial charge in [-0.15, -0.1) is 0 Å². The molecule has 0 aliphatic carbocycles. The molecule has 108 valence electrons. The van der Waals surface area contributed by atoms with Gasteiger partial charge in [-0.3, -0.25) is 0 Å². The van der Waals surface area contributed by atoms with Crippen LogP contribution in [0.3, 0.4) is 0 Å². The summed E-state index contributed by atoms with van der Waals surface area (Å²) in [5.74, 6) is 2.02. The number of aromatic nitrogens is 2. The minimum absolute atomic E-state index is 0.355. The number of hydrogen-bond acceptors (Lipinski definition) is 4. The van der Waals surface area contributed by atoms with Crippen molar-refractivity contribution < 1.29 is 0 Å². The van der Waals surface area contributed by atoms with Crippen molar-refractivity contribution >= 4 is 23.4 Å². The molecule has 0 saturated heterocycles. The molecule has 1 aromatic rings. The van der Waals surface area contributed by atoms with Crippen molar-refractivity contribution in [1.29, 1.82) is 0 Å². The van der Waals surface area contributed by atoms with Crippen LogP contribution in [-0.4, -0.2) is 29.1 Å². The minimum Gasteiger partial charge on any atom is -0.354 e. The average Bonchev–Trinajstić information content (AvgIpc) is 2.35. The largest absolute Gasteiger partial charge is 0.354 e. The summed E-state index contributed by atoms with van der Waals surface area (Å²) in [6, 6.07) is 0.355. The summed E-state index contributed by atoms with van der Waals surface area (Å²) in [7, 11) is 0. The Bertz CT molecular complexity index is 393. The Morgan fingerprint density at radius 2 is 2.00 bits per heavy atom. The Morgan fingerprint density at radius 3 is 2.53 bits per heavy atom. The third-order valence-corrected chi connectivity index (χ3v) is 2.98. The molecule has 1 N–H and O–H groups in total. The molecule has 0 saturated carbocycles. The van der Waals surface area contributed by atoms with Crippen LogP contribution in [-0.2, 0) is 0 Å². The highest BCUT2D eigenvalue weighted by Crippen LogP contribution is 2.26. The van der Waals surface area contributed by atoms with E-state index in [2.05, 4.69) is 54.8 Å². The fourth-order valence-corrected chi connectivity index (χ4v) is 2.02. The first-order valence-corrected chi connectivity index (χ1v) is 7.36. The quantitative estimate of drug-likeness (QED) is 0.826. The van der Waals surface area contributed by atoms with Crippen molar-refractivity contribution in [2.24, 2.45) is 5.92 Å². The van der Waals surface area contributed by atoms with Crippen molar-refractivity contribution in [3.05, 3.63) is 11.2 Å². The number of halogens is 1. The summed E-state index contributed by atoms with van der Waals surface area (Å²) in [6.07, 6.45) is 2.72. The highest BCUT2D eigenvalue weighted by molar-refractivity contribution is 6.32. The van der Waals surface area contributed by atoms with Gasteiger partial charge in [-0.05, 0) is 26.2 Å². The minimum atomic E-state index is 0.355. The van der Waals surface area contributed by atoms with E-state index in [0.717, 1.165) is 25.3 Å². The molecule has 0 atom stereocenters. The third kappa shape index (κ3) is 4.86. The molecule has 4 nitrogen and oxygen atoms in total. The van der Waals surface area contributed by atoms with Gasteiger partial charge in [0.05, 0.1) is 6.20 Å². The number of anilines is 2. The van der Waals surface area contributed by atoms with E-state index < -0.39 is 0 Å². The van der Waals surface area contributed by atoms with Crippen LogP contribution in [0, 0.1) is 5.92 Å². The lowest BCUT2D eigenvalue weighted by molar-refractivity contribution is 0.566. The van der Waals surface area contributed by atoms with Gasteiger partial charge < -0.3 is 10.2 Å². The van der Waals surface area contributed by atoms with E-state index in [1.807, 2.05) is 0 Å². The van der Waals surface area contributed by atoms with Crippen LogP contribution in [0.4, 0.5) is 11.8 Å². The van der Waals surface area contributed by atoms with Gasteiger partial charge in [0.1, 0.15) is 5.02 Å². The van der Waals surface area contributed by atoms with Crippen molar-refractivity contribution in [2.45, 2.75) is 47.1 Å². The van der Waals surface area contributed by atoms with Gasteiger partial charge in [-0.25, -0.2) is 4.98 Å². The van der Waals surface area contributed by atoms with E-state index in [9.17, 15) is 0 Å². The van der Waals surface area contributed by atoms with Crippen molar-refractivity contribution in [3.8, 4) is 0 Å². The van der Waals surface area contributed by atoms with Gasteiger partial charge >= 0.3 is 0 Å². The molecule has 0 amide bonds. The topological polar surface area (TPSA) is 41.1 Å². The first-order valence-electron chi connectivity index (χ1n) is 6.98. The van der Waals surface area contributed by atoms with Crippen LogP contribution in [0.1, 0.15) is 41.0 Å². The van der Waals surface area contributed by atoms with Gasteiger partial charge in [0.25, 0.3) is 0 Å². The van der Waals surface area contributed by atoms with E-state index in [1.165, 1.54) is 0 Å². The van der Waals surface area contributed by atoms with Crippen molar-refractivity contribution in [1.82, 2.24) is 9.97 Å². The van der Waals surface area contributed by atoms with Gasteiger partial charge in [0.15, 0.2) is 5.82 Å². The number of nitrogens with zero attached hydrogens (tertiary/aromatic N) is 3. The van der Waals surface area contributed by atoms with Gasteiger partial charge in [-0.1, -0.05) is 32.4 Å². The molecule has 0 aliphatic rings. The van der Waals surface area contributed by atoms with E-state index in [4.69, 9.17) is 11.6 Å². The predicted octanol–water partition coefficient (Wildman–Crippen LogP) is 3.82. The average molecular weight is 285 g/mol. The van der Waals surface area contributed by atoms with Crippen molar-refractivity contribution in [3.63, 3.8) is 0 Å². The normalized spacial score (nSPS) is 11.2. The summed E-state index contributed by atoms with van der Waals surface area (Å²) in [6.45, 7) is 12.6. The second-order valence-corrected chi connectivity index (χ2v) is 5.84. The summed E-state index contributed by atoms with van der Waals surface area (Å²) < 4.78 is 0. The molecule has 0 fully saturated rings. The van der Waals surface area contributed by atoms with Crippen LogP contribution in [0.2, 0.25) is 5.02 Å². The Hall–Kier alpha value is -1.03. The first-order chi connectivity index (χ1) is 8.95. The highest BCUT2D eigenvalue weighted by Gasteiger charge is 2.17. The first kappa shape index (κ1) is 16.0. The van der Waals surface area contributed by atoms with Crippen LogP contribution >= 0.6 is 11.6 Å². The summed E-state index contributed by atoms with van der Waals surface area (Å²) in [4.78, 5) is 11.0. The molecule has 5 heteroatoms. The maximum atomic E-state index is 6.26. The molecule has 1 aromatic heterocycles. The fraction of sp³-hybridized carbons (Fsp3) is 0.714. The van der Waals surface area contributed by atoms with Gasteiger partial charge in [0.2, 0.25) is 5.95 Å². The Morgan fingerprint density at radius 1 is 1.32 bits per heavy atom. The number of nitrogens with one attached hydrogen (secondary N) is 1. The zero-order chi connectivity index (χ0) is 14.4. The number of hydrogen-bond donors (Lipinski definition) is 1. The molecule has 0 bridgehead atoms. The van der Waals surface area contributed by atoms with E-state index in [-0.39, 0.29) is 0 Å². The molecule has 1 heterocycles. The van der Waals surface area contributed by atoms with Gasteiger partial charge in [0, 0.05) is 19.1 Å². The predicted molar refractivity (Wildman–Crippen MR) is 83.1 cm³/mol. The van der Waals surface area contributed by atoms with Gasteiger partial charge in [-0.2, -0.15) is 4.98 Å². The maximum Gasteiger partial charge on any atom is 0.224 e. The Kier molecular flexibility index (Phi) is 6.35. The van der Waals surface area contributed by atoms with Crippen molar-refractivity contribution in [2.75, 3.05) is 23.3 Å². The SMILES string of the molecule is CCCNc1ncc(Cl)c(N(CC(C)C)C(C)C)n1. The molecule has 0 aliphatic heterocycles. The summed E-state index contributed by atoms with van der Waals surface area (Å²) >= 11 is 6.26. The Balaban J connectivity index is 2.99. The monoisotopic (exact) mass is 284 g/mol. The standard InChI is InChI=1S/C14H25ClN4/c1-6-7-16-14-17-8-12(15)13(18-14)19(11(4)5)9-10(2)3/h8,10-11H,6-7,9H2,1-5H3,(H,16,17,18). The lowest BCUT2D eigenvalue weighted by atomic mass is 10.2. The smallest absolute Gasteiger partial charge is 0.224 e. The van der Waals surface area contributed by atoms with Crippen LogP contribution < -0.4 is 10.2 Å². The summed E-state index contributed by atoms with van der Waals surface area (Å²) in [5.41, 5.74) is 0. The zero-order valence-corrected chi connectivity index (χ0v) is 13.3. The fourth-order valence-electron chi connectivity index (χ4n) is 1.82. The number of rotatable bonds is 7. The molecule has 19 heavy (non-hydrogen) atoms. The molecule has 0 spiro atoms. The highest BCUT2D eigenvalue weighted by atomic mass is 35.5. The van der Waals surface area contributed by atoms with Crippen LogP contribution in [0.5, 0.6) is 0 Å².